The van der Waals surface area contributed by atoms with Crippen LogP contribution >= 0.6 is 0 Å². The van der Waals surface area contributed by atoms with E-state index in [9.17, 15) is 4.79 Å². The van der Waals surface area contributed by atoms with Crippen molar-refractivity contribution in [3.8, 4) is 5.88 Å². The fraction of sp³-hybridized carbons (Fsp3) is 0.318. The molecule has 1 aliphatic rings. The van der Waals surface area contributed by atoms with Gasteiger partial charge in [-0.05, 0) is 29.3 Å². The Morgan fingerprint density at radius 2 is 1.81 bits per heavy atom. The Labute approximate surface area is 159 Å². The highest BCUT2D eigenvalue weighted by molar-refractivity contribution is 5.90. The number of hydrogen-bond acceptors (Lipinski definition) is 4. The zero-order valence-electron chi connectivity index (χ0n) is 15.5. The number of carbonyl (C=O) groups excluding carboxylic acids is 1. The minimum absolute atomic E-state index is 0.0867. The van der Waals surface area contributed by atoms with Crippen LogP contribution in [0.4, 0.5) is 0 Å². The SMILES string of the molecule is Cc1ccc(OC2CCN(C(=O)Cc3cccc4ccccc34)CC2)nn1. The summed E-state index contributed by atoms with van der Waals surface area (Å²) >= 11 is 0. The molecular weight excluding hydrogens is 338 g/mol. The Hall–Kier alpha value is -2.95. The number of piperidine rings is 1. The molecule has 0 radical (unpaired) electrons. The number of rotatable bonds is 4. The van der Waals surface area contributed by atoms with Crippen LogP contribution in [0, 0.1) is 6.92 Å². The Balaban J connectivity index is 1.35. The minimum atomic E-state index is 0.0867. The Bertz CT molecular complexity index is 926. The van der Waals surface area contributed by atoms with Gasteiger partial charge >= 0.3 is 0 Å². The van der Waals surface area contributed by atoms with Gasteiger partial charge in [-0.15, -0.1) is 5.10 Å². The first-order valence-electron chi connectivity index (χ1n) is 9.40. The molecule has 2 heterocycles. The first kappa shape index (κ1) is 17.5. The molecule has 0 N–H and O–H groups in total. The number of amides is 1. The maximum absolute atomic E-state index is 12.8. The molecule has 0 saturated carbocycles. The van der Waals surface area contributed by atoms with Crippen LogP contribution < -0.4 is 4.74 Å². The van der Waals surface area contributed by atoms with Gasteiger partial charge in [-0.25, -0.2) is 0 Å². The predicted molar refractivity (Wildman–Crippen MR) is 105 cm³/mol. The molecule has 0 bridgehead atoms. The van der Waals surface area contributed by atoms with Crippen molar-refractivity contribution in [1.29, 1.82) is 0 Å². The van der Waals surface area contributed by atoms with E-state index >= 15 is 0 Å². The summed E-state index contributed by atoms with van der Waals surface area (Å²) in [5, 5.41) is 10.4. The lowest BCUT2D eigenvalue weighted by molar-refractivity contribution is -0.132. The summed E-state index contributed by atoms with van der Waals surface area (Å²) in [6.45, 7) is 3.33. The van der Waals surface area contributed by atoms with Gasteiger partial charge in [-0.3, -0.25) is 4.79 Å². The summed E-state index contributed by atoms with van der Waals surface area (Å²) in [6, 6.07) is 18.1. The van der Waals surface area contributed by atoms with Gasteiger partial charge in [0.15, 0.2) is 0 Å². The standard InChI is InChI=1S/C22H23N3O2/c1-16-9-10-21(24-23-16)27-19-11-13-25(14-12-19)22(26)15-18-7-4-6-17-5-2-3-8-20(17)18/h2-10,19H,11-15H2,1H3. The van der Waals surface area contributed by atoms with Crippen LogP contribution in [0.15, 0.2) is 54.6 Å². The van der Waals surface area contributed by atoms with Gasteiger partial charge < -0.3 is 9.64 Å². The molecule has 5 heteroatoms. The number of fused-ring (bicyclic) bond motifs is 1. The summed E-state index contributed by atoms with van der Waals surface area (Å²) in [5.74, 6) is 0.737. The van der Waals surface area contributed by atoms with E-state index < -0.39 is 0 Å². The van der Waals surface area contributed by atoms with Crippen LogP contribution in [-0.4, -0.2) is 40.2 Å². The maximum Gasteiger partial charge on any atom is 0.233 e. The lowest BCUT2D eigenvalue weighted by Gasteiger charge is -2.32. The molecular formula is C22H23N3O2. The molecule has 1 aliphatic heterocycles. The summed E-state index contributed by atoms with van der Waals surface area (Å²) in [4.78, 5) is 14.7. The van der Waals surface area contributed by atoms with E-state index in [1.807, 2.05) is 48.2 Å². The third-order valence-electron chi connectivity index (χ3n) is 5.08. The molecule has 27 heavy (non-hydrogen) atoms. The van der Waals surface area contributed by atoms with Crippen LogP contribution in [0.25, 0.3) is 10.8 Å². The second-order valence-electron chi connectivity index (χ2n) is 7.03. The van der Waals surface area contributed by atoms with Gasteiger partial charge in [-0.1, -0.05) is 42.5 Å². The molecule has 3 aromatic rings. The number of nitrogens with zero attached hydrogens (tertiary/aromatic N) is 3. The third kappa shape index (κ3) is 4.08. The second-order valence-corrected chi connectivity index (χ2v) is 7.03. The quantitative estimate of drug-likeness (QED) is 0.713. The number of aryl methyl sites for hydroxylation is 1. The van der Waals surface area contributed by atoms with E-state index in [4.69, 9.17) is 4.74 Å². The average molecular weight is 361 g/mol. The van der Waals surface area contributed by atoms with Crippen LogP contribution in [0.5, 0.6) is 5.88 Å². The molecule has 1 aromatic heterocycles. The van der Waals surface area contributed by atoms with Crippen LogP contribution in [0.2, 0.25) is 0 Å². The van der Waals surface area contributed by atoms with Crippen LogP contribution in [-0.2, 0) is 11.2 Å². The highest BCUT2D eigenvalue weighted by Gasteiger charge is 2.24. The van der Waals surface area contributed by atoms with E-state index in [2.05, 4.69) is 28.4 Å². The van der Waals surface area contributed by atoms with Gasteiger partial charge in [0.1, 0.15) is 6.10 Å². The van der Waals surface area contributed by atoms with Crippen LogP contribution in [0.1, 0.15) is 24.1 Å². The van der Waals surface area contributed by atoms with Gasteiger partial charge in [-0.2, -0.15) is 5.10 Å². The third-order valence-corrected chi connectivity index (χ3v) is 5.08. The molecule has 1 fully saturated rings. The lowest BCUT2D eigenvalue weighted by atomic mass is 10.0. The van der Waals surface area contributed by atoms with Crippen molar-refractivity contribution >= 4 is 16.7 Å². The summed E-state index contributed by atoms with van der Waals surface area (Å²) in [5.41, 5.74) is 1.96. The number of aromatic nitrogens is 2. The first-order valence-corrected chi connectivity index (χ1v) is 9.40. The largest absolute Gasteiger partial charge is 0.473 e. The van der Waals surface area contributed by atoms with Crippen molar-refractivity contribution in [2.45, 2.75) is 32.3 Å². The van der Waals surface area contributed by atoms with Crippen molar-refractivity contribution < 1.29 is 9.53 Å². The fourth-order valence-corrected chi connectivity index (χ4v) is 3.56. The van der Waals surface area contributed by atoms with Gasteiger partial charge in [0.05, 0.1) is 12.1 Å². The predicted octanol–water partition coefficient (Wildman–Crippen LogP) is 3.55. The van der Waals surface area contributed by atoms with E-state index in [1.165, 1.54) is 5.39 Å². The molecule has 138 valence electrons. The zero-order chi connectivity index (χ0) is 18.6. The monoisotopic (exact) mass is 361 g/mol. The molecule has 0 spiro atoms. The van der Waals surface area contributed by atoms with Gasteiger partial charge in [0, 0.05) is 32.0 Å². The number of hydrogen-bond donors (Lipinski definition) is 0. The number of ether oxygens (including phenoxy) is 1. The average Bonchev–Trinajstić information content (AvgIpc) is 2.70. The molecule has 1 amide bonds. The lowest BCUT2D eigenvalue weighted by Crippen LogP contribution is -2.42. The van der Waals surface area contributed by atoms with E-state index in [-0.39, 0.29) is 12.0 Å². The second kappa shape index (κ2) is 7.74. The highest BCUT2D eigenvalue weighted by atomic mass is 16.5. The van der Waals surface area contributed by atoms with Crippen LogP contribution in [0.3, 0.4) is 0 Å². The molecule has 4 rings (SSSR count). The molecule has 0 atom stereocenters. The molecule has 0 aliphatic carbocycles. The van der Waals surface area contributed by atoms with E-state index in [0.29, 0.717) is 25.4 Å². The maximum atomic E-state index is 12.8. The molecule has 0 unspecified atom stereocenters. The van der Waals surface area contributed by atoms with E-state index in [0.717, 1.165) is 29.5 Å². The fourth-order valence-electron chi connectivity index (χ4n) is 3.56. The van der Waals surface area contributed by atoms with Crippen molar-refractivity contribution in [1.82, 2.24) is 15.1 Å². The summed E-state index contributed by atoms with van der Waals surface area (Å²) < 4.78 is 5.90. The summed E-state index contributed by atoms with van der Waals surface area (Å²) in [7, 11) is 0. The molecule has 5 nitrogen and oxygen atoms in total. The smallest absolute Gasteiger partial charge is 0.233 e. The molecule has 2 aromatic carbocycles. The summed E-state index contributed by atoms with van der Waals surface area (Å²) in [6.07, 6.45) is 2.16. The van der Waals surface area contributed by atoms with Crippen molar-refractivity contribution in [3.05, 3.63) is 65.9 Å². The first-order chi connectivity index (χ1) is 13.2. The number of benzene rings is 2. The topological polar surface area (TPSA) is 55.3 Å². The highest BCUT2D eigenvalue weighted by Crippen LogP contribution is 2.21. The van der Waals surface area contributed by atoms with Gasteiger partial charge in [0.2, 0.25) is 11.8 Å². The zero-order valence-corrected chi connectivity index (χ0v) is 15.5. The Kier molecular flexibility index (Phi) is 5.01. The Morgan fingerprint density at radius 3 is 2.59 bits per heavy atom. The van der Waals surface area contributed by atoms with E-state index in [1.54, 1.807) is 0 Å². The number of likely N-dealkylation sites (tertiary alicyclic amines) is 1. The van der Waals surface area contributed by atoms with Crippen molar-refractivity contribution in [3.63, 3.8) is 0 Å². The molecule has 1 saturated heterocycles. The van der Waals surface area contributed by atoms with Crippen molar-refractivity contribution in [2.24, 2.45) is 0 Å². The van der Waals surface area contributed by atoms with Crippen molar-refractivity contribution in [2.75, 3.05) is 13.1 Å². The normalized spacial score (nSPS) is 15.1. The minimum Gasteiger partial charge on any atom is -0.473 e. The van der Waals surface area contributed by atoms with Gasteiger partial charge in [0.25, 0.3) is 0 Å². The number of carbonyl (C=O) groups is 1. The Morgan fingerprint density at radius 1 is 1.04 bits per heavy atom.